The van der Waals surface area contributed by atoms with Crippen LogP contribution in [0, 0.1) is 5.82 Å². The maximum absolute atomic E-state index is 13.0. The van der Waals surface area contributed by atoms with Gasteiger partial charge in [0, 0.05) is 29.5 Å². The van der Waals surface area contributed by atoms with Crippen LogP contribution in [-0.4, -0.2) is 15.0 Å². The number of pyridine rings is 1. The molecule has 0 saturated carbocycles. The van der Waals surface area contributed by atoms with Gasteiger partial charge in [-0.05, 0) is 30.7 Å². The highest BCUT2D eigenvalue weighted by molar-refractivity contribution is 6.31. The van der Waals surface area contributed by atoms with E-state index in [0.29, 0.717) is 22.5 Å². The molecule has 0 amide bonds. The molecule has 3 aromatic rings. The van der Waals surface area contributed by atoms with E-state index < -0.39 is 0 Å². The van der Waals surface area contributed by atoms with E-state index in [4.69, 9.17) is 11.6 Å². The Labute approximate surface area is 149 Å². The van der Waals surface area contributed by atoms with Crippen LogP contribution >= 0.6 is 11.6 Å². The minimum Gasteiger partial charge on any atom is -0.363 e. The molecular formula is C17H16ClFN6. The Morgan fingerprint density at radius 1 is 1.00 bits per heavy atom. The molecule has 2 aromatic heterocycles. The molecule has 0 aliphatic carbocycles. The third-order valence-electron chi connectivity index (χ3n) is 3.41. The molecule has 3 N–H and O–H groups in total. The van der Waals surface area contributed by atoms with Crippen LogP contribution in [0.3, 0.4) is 0 Å². The molecule has 6 nitrogen and oxygen atoms in total. The van der Waals surface area contributed by atoms with Crippen molar-refractivity contribution in [3.05, 3.63) is 71.4 Å². The first kappa shape index (κ1) is 16.9. The lowest BCUT2D eigenvalue weighted by atomic mass is 10.1. The van der Waals surface area contributed by atoms with Crippen LogP contribution in [0.15, 0.2) is 55.0 Å². The second-order valence-corrected chi connectivity index (χ2v) is 5.75. The van der Waals surface area contributed by atoms with Gasteiger partial charge in [-0.3, -0.25) is 15.8 Å². The Balaban J connectivity index is 1.69. The molecule has 0 saturated heterocycles. The molecular weight excluding hydrogens is 343 g/mol. The van der Waals surface area contributed by atoms with Gasteiger partial charge >= 0.3 is 0 Å². The van der Waals surface area contributed by atoms with Gasteiger partial charge in [0.25, 0.3) is 0 Å². The first-order valence-corrected chi connectivity index (χ1v) is 7.95. The van der Waals surface area contributed by atoms with Crippen molar-refractivity contribution in [3.8, 4) is 0 Å². The highest BCUT2D eigenvalue weighted by Crippen LogP contribution is 2.23. The zero-order valence-corrected chi connectivity index (χ0v) is 14.1. The number of halogens is 2. The van der Waals surface area contributed by atoms with Crippen LogP contribution < -0.4 is 16.2 Å². The average molecular weight is 359 g/mol. The number of anilines is 3. The number of rotatable bonds is 6. The number of hydrogen-bond donors (Lipinski definition) is 3. The molecule has 0 radical (unpaired) electrons. The first-order valence-electron chi connectivity index (χ1n) is 7.58. The Morgan fingerprint density at radius 3 is 2.44 bits per heavy atom. The minimum absolute atomic E-state index is 0.0626. The van der Waals surface area contributed by atoms with E-state index in [2.05, 4.69) is 31.1 Å². The van der Waals surface area contributed by atoms with Crippen molar-refractivity contribution in [3.63, 3.8) is 0 Å². The Morgan fingerprint density at radius 2 is 1.72 bits per heavy atom. The highest BCUT2D eigenvalue weighted by atomic mass is 35.5. The molecule has 1 atom stereocenters. The number of nitrogens with one attached hydrogen (secondary N) is 3. The third-order valence-corrected chi connectivity index (χ3v) is 3.62. The highest BCUT2D eigenvalue weighted by Gasteiger charge is 2.08. The van der Waals surface area contributed by atoms with Crippen LogP contribution in [0.1, 0.15) is 18.5 Å². The topological polar surface area (TPSA) is 74.8 Å². The predicted molar refractivity (Wildman–Crippen MR) is 97.0 cm³/mol. The normalized spacial score (nSPS) is 11.6. The number of aromatic nitrogens is 3. The minimum atomic E-state index is -0.265. The molecule has 0 spiro atoms. The molecule has 0 bridgehead atoms. The maximum Gasteiger partial charge on any atom is 0.163 e. The van der Waals surface area contributed by atoms with E-state index in [9.17, 15) is 4.39 Å². The van der Waals surface area contributed by atoms with Crippen LogP contribution in [0.5, 0.6) is 0 Å². The summed E-state index contributed by atoms with van der Waals surface area (Å²) in [5, 5.41) is 3.76. The van der Waals surface area contributed by atoms with Crippen LogP contribution in [-0.2, 0) is 0 Å². The fraction of sp³-hybridized carbons (Fsp3) is 0.118. The Kier molecular flexibility index (Phi) is 5.25. The number of hydrazine groups is 1. The zero-order chi connectivity index (χ0) is 17.6. The summed E-state index contributed by atoms with van der Waals surface area (Å²) in [7, 11) is 0. The van der Waals surface area contributed by atoms with Gasteiger partial charge < -0.3 is 5.32 Å². The van der Waals surface area contributed by atoms with Crippen molar-refractivity contribution in [1.82, 2.24) is 15.0 Å². The predicted octanol–water partition coefficient (Wildman–Crippen LogP) is 4.28. The van der Waals surface area contributed by atoms with Crippen molar-refractivity contribution < 1.29 is 4.39 Å². The van der Waals surface area contributed by atoms with E-state index in [1.807, 2.05) is 6.92 Å². The summed E-state index contributed by atoms with van der Waals surface area (Å²) in [5.41, 5.74) is 6.76. The largest absolute Gasteiger partial charge is 0.363 e. The molecule has 2 heterocycles. The van der Waals surface area contributed by atoms with Gasteiger partial charge in [0.1, 0.15) is 17.5 Å². The number of hydrogen-bond acceptors (Lipinski definition) is 6. The lowest BCUT2D eigenvalue weighted by molar-refractivity contribution is 0.626. The molecule has 3 rings (SSSR count). The van der Waals surface area contributed by atoms with Gasteiger partial charge in [-0.2, -0.15) is 0 Å². The van der Waals surface area contributed by atoms with E-state index in [1.54, 1.807) is 42.9 Å². The van der Waals surface area contributed by atoms with Gasteiger partial charge in [-0.1, -0.05) is 23.7 Å². The summed E-state index contributed by atoms with van der Waals surface area (Å²) >= 11 is 6.16. The molecule has 128 valence electrons. The fourth-order valence-electron chi connectivity index (χ4n) is 2.18. The SMILES string of the molecule is C[C@H](Nc1cc(Cl)cc(NNc2cnccn2)n1)c1ccc(F)cc1. The summed E-state index contributed by atoms with van der Waals surface area (Å²) < 4.78 is 13.0. The van der Waals surface area contributed by atoms with Gasteiger partial charge in [0.2, 0.25) is 0 Å². The Hall–Kier alpha value is -2.93. The number of nitrogens with zero attached hydrogens (tertiary/aromatic N) is 3. The molecule has 0 unspecified atom stereocenters. The van der Waals surface area contributed by atoms with Gasteiger partial charge in [-0.25, -0.2) is 14.4 Å². The molecule has 0 fully saturated rings. The summed E-state index contributed by atoms with van der Waals surface area (Å²) in [5.74, 6) is 1.40. The van der Waals surface area contributed by atoms with Gasteiger partial charge in [-0.15, -0.1) is 0 Å². The summed E-state index contributed by atoms with van der Waals surface area (Å²) in [6, 6.07) is 9.65. The molecule has 25 heavy (non-hydrogen) atoms. The molecule has 1 aromatic carbocycles. The number of benzene rings is 1. The monoisotopic (exact) mass is 358 g/mol. The molecule has 0 aliphatic rings. The quantitative estimate of drug-likeness (QED) is 0.571. The van der Waals surface area contributed by atoms with E-state index in [-0.39, 0.29) is 11.9 Å². The summed E-state index contributed by atoms with van der Waals surface area (Å²) in [6.07, 6.45) is 4.74. The van der Waals surface area contributed by atoms with Crippen molar-refractivity contribution >= 4 is 29.1 Å². The van der Waals surface area contributed by atoms with Crippen molar-refractivity contribution in [2.24, 2.45) is 0 Å². The van der Waals surface area contributed by atoms with Crippen LogP contribution in [0.2, 0.25) is 5.02 Å². The second kappa shape index (κ2) is 7.76. The molecule has 0 aliphatic heterocycles. The van der Waals surface area contributed by atoms with Crippen molar-refractivity contribution in [1.29, 1.82) is 0 Å². The Bertz CT molecular complexity index is 828. The average Bonchev–Trinajstić information content (AvgIpc) is 2.61. The third kappa shape index (κ3) is 4.77. The lowest BCUT2D eigenvalue weighted by Gasteiger charge is -2.16. The fourth-order valence-corrected chi connectivity index (χ4v) is 2.39. The standard InChI is InChI=1S/C17H16ClFN6/c1-11(12-2-4-14(19)5-3-12)22-15-8-13(18)9-16(23-15)24-25-17-10-20-6-7-21-17/h2-11H,1H3,(H,21,25)(H2,22,23,24)/t11-/m0/s1. The van der Waals surface area contributed by atoms with Gasteiger partial charge in [0.15, 0.2) is 5.82 Å². The maximum atomic E-state index is 13.0. The smallest absolute Gasteiger partial charge is 0.163 e. The van der Waals surface area contributed by atoms with Crippen LogP contribution in [0.25, 0.3) is 0 Å². The van der Waals surface area contributed by atoms with E-state index in [0.717, 1.165) is 5.56 Å². The van der Waals surface area contributed by atoms with Crippen LogP contribution in [0.4, 0.5) is 21.8 Å². The van der Waals surface area contributed by atoms with E-state index >= 15 is 0 Å². The molecule has 8 heteroatoms. The van der Waals surface area contributed by atoms with Crippen molar-refractivity contribution in [2.75, 3.05) is 16.2 Å². The summed E-state index contributed by atoms with van der Waals surface area (Å²) in [6.45, 7) is 1.96. The van der Waals surface area contributed by atoms with E-state index in [1.165, 1.54) is 12.1 Å². The van der Waals surface area contributed by atoms with Crippen molar-refractivity contribution in [2.45, 2.75) is 13.0 Å². The lowest BCUT2D eigenvalue weighted by Crippen LogP contribution is -2.13. The second-order valence-electron chi connectivity index (χ2n) is 5.31. The summed E-state index contributed by atoms with van der Waals surface area (Å²) in [4.78, 5) is 12.5. The first-order chi connectivity index (χ1) is 12.1. The van der Waals surface area contributed by atoms with Gasteiger partial charge in [0.05, 0.1) is 6.20 Å². The zero-order valence-electron chi connectivity index (χ0n) is 13.4.